The average molecular weight is 388 g/mol. The second-order valence-corrected chi connectivity index (χ2v) is 7.65. The number of fused-ring (bicyclic) bond motifs is 1. The van der Waals surface area contributed by atoms with Crippen molar-refractivity contribution in [1.29, 1.82) is 0 Å². The number of rotatable bonds is 8. The molecular formula is C20H24N2O4S. The highest BCUT2D eigenvalue weighted by Crippen LogP contribution is 2.35. The number of anilines is 1. The highest BCUT2D eigenvalue weighted by Gasteiger charge is 2.23. The van der Waals surface area contributed by atoms with Gasteiger partial charge in [0.05, 0.1) is 6.61 Å². The summed E-state index contributed by atoms with van der Waals surface area (Å²) in [4.78, 5) is 16.8. The summed E-state index contributed by atoms with van der Waals surface area (Å²) in [5, 5.41) is 15.9. The number of aromatic nitrogens is 1. The third-order valence-corrected chi connectivity index (χ3v) is 4.94. The number of nitrogens with one attached hydrogen (secondary N) is 1. The zero-order valence-corrected chi connectivity index (χ0v) is 16.5. The van der Waals surface area contributed by atoms with Gasteiger partial charge in [-0.1, -0.05) is 39.3 Å². The van der Waals surface area contributed by atoms with Crippen LogP contribution in [0.3, 0.4) is 0 Å². The molecule has 3 rings (SSSR count). The molecule has 0 saturated carbocycles. The van der Waals surface area contributed by atoms with Crippen molar-refractivity contribution in [2.75, 3.05) is 11.9 Å². The Morgan fingerprint density at radius 1 is 1.37 bits per heavy atom. The van der Waals surface area contributed by atoms with E-state index in [0.717, 1.165) is 18.4 Å². The number of hydrogen-bond donors (Lipinski definition) is 2. The fourth-order valence-electron chi connectivity index (χ4n) is 2.73. The summed E-state index contributed by atoms with van der Waals surface area (Å²) in [6.45, 7) is 6.53. The standard InChI is InChI=1S/C20H24N2O4S/c1-4-7-13-11-27-19(16(13)20(24)25-10-12(2)3)22-17(23)18-21-14-8-5-6-9-15(14)26-18/h5-6,8-9,11-12,20,24H,4,7,10H2,1-3H3,(H,22,23). The van der Waals surface area contributed by atoms with Crippen molar-refractivity contribution in [2.45, 2.75) is 39.9 Å². The molecule has 0 bridgehead atoms. The number of thiophene rings is 1. The molecule has 0 radical (unpaired) electrons. The SMILES string of the molecule is CCCc1csc(NC(=O)c2nc3ccccc3o2)c1C(O)OCC(C)C. The number of ether oxygens (including phenoxy) is 1. The molecule has 0 saturated heterocycles. The van der Waals surface area contributed by atoms with Crippen LogP contribution >= 0.6 is 11.3 Å². The first-order valence-electron chi connectivity index (χ1n) is 9.06. The largest absolute Gasteiger partial charge is 0.432 e. The lowest BCUT2D eigenvalue weighted by Gasteiger charge is -2.16. The van der Waals surface area contributed by atoms with Gasteiger partial charge in [-0.25, -0.2) is 4.98 Å². The number of amides is 1. The second-order valence-electron chi connectivity index (χ2n) is 6.77. The van der Waals surface area contributed by atoms with E-state index in [0.29, 0.717) is 34.2 Å². The number of carbonyl (C=O) groups excluding carboxylic acids is 1. The number of oxazole rings is 1. The number of aryl methyl sites for hydroxylation is 1. The van der Waals surface area contributed by atoms with Crippen LogP contribution in [-0.2, 0) is 11.2 Å². The normalized spacial score (nSPS) is 12.6. The summed E-state index contributed by atoms with van der Waals surface area (Å²) >= 11 is 1.37. The lowest BCUT2D eigenvalue weighted by Crippen LogP contribution is -2.15. The number of nitrogens with zero attached hydrogens (tertiary/aromatic N) is 1. The highest BCUT2D eigenvalue weighted by atomic mass is 32.1. The van der Waals surface area contributed by atoms with Gasteiger partial charge in [0.15, 0.2) is 11.9 Å². The molecule has 0 aliphatic rings. The minimum atomic E-state index is -1.08. The van der Waals surface area contributed by atoms with Gasteiger partial charge < -0.3 is 19.6 Å². The summed E-state index contributed by atoms with van der Waals surface area (Å²) in [5.74, 6) is -0.163. The summed E-state index contributed by atoms with van der Waals surface area (Å²) < 4.78 is 11.1. The fourth-order valence-corrected chi connectivity index (χ4v) is 3.74. The summed E-state index contributed by atoms with van der Waals surface area (Å²) in [7, 11) is 0. The van der Waals surface area contributed by atoms with Crippen molar-refractivity contribution in [3.05, 3.63) is 46.7 Å². The predicted molar refractivity (Wildman–Crippen MR) is 106 cm³/mol. The monoisotopic (exact) mass is 388 g/mol. The first-order chi connectivity index (χ1) is 13.0. The third kappa shape index (κ3) is 4.55. The Labute approximate surface area is 162 Å². The van der Waals surface area contributed by atoms with Crippen molar-refractivity contribution in [3.8, 4) is 0 Å². The molecule has 2 heterocycles. The predicted octanol–water partition coefficient (Wildman–Crippen LogP) is 4.76. The molecule has 0 aliphatic carbocycles. The van der Waals surface area contributed by atoms with Gasteiger partial charge in [-0.3, -0.25) is 4.79 Å². The molecule has 2 N–H and O–H groups in total. The summed E-state index contributed by atoms with van der Waals surface area (Å²) in [6.07, 6.45) is 0.644. The van der Waals surface area contributed by atoms with Crippen LogP contribution in [0.1, 0.15) is 55.3 Å². The second kappa shape index (κ2) is 8.65. The molecule has 6 nitrogen and oxygen atoms in total. The Hall–Kier alpha value is -2.22. The minimum absolute atomic E-state index is 0.00909. The first kappa shape index (κ1) is 19.5. The van der Waals surface area contributed by atoms with Gasteiger partial charge in [-0.15, -0.1) is 11.3 Å². The van der Waals surface area contributed by atoms with Crippen LogP contribution in [0, 0.1) is 5.92 Å². The van der Waals surface area contributed by atoms with Crippen LogP contribution in [-0.4, -0.2) is 22.6 Å². The number of para-hydroxylation sites is 2. The van der Waals surface area contributed by atoms with E-state index in [1.54, 1.807) is 12.1 Å². The Morgan fingerprint density at radius 2 is 2.15 bits per heavy atom. The van der Waals surface area contributed by atoms with Crippen LogP contribution in [0.25, 0.3) is 11.1 Å². The number of benzene rings is 1. The van der Waals surface area contributed by atoms with Gasteiger partial charge in [-0.2, -0.15) is 0 Å². The molecule has 1 aromatic carbocycles. The highest BCUT2D eigenvalue weighted by molar-refractivity contribution is 7.14. The zero-order valence-electron chi connectivity index (χ0n) is 15.7. The number of hydrogen-bond acceptors (Lipinski definition) is 6. The van der Waals surface area contributed by atoms with Crippen LogP contribution < -0.4 is 5.32 Å². The maximum absolute atomic E-state index is 12.6. The molecule has 1 amide bonds. The molecular weight excluding hydrogens is 364 g/mol. The third-order valence-electron chi connectivity index (χ3n) is 3.98. The van der Waals surface area contributed by atoms with Crippen LogP contribution in [0.15, 0.2) is 34.1 Å². The van der Waals surface area contributed by atoms with Gasteiger partial charge in [0.25, 0.3) is 5.89 Å². The van der Waals surface area contributed by atoms with Crippen molar-refractivity contribution in [1.82, 2.24) is 4.98 Å². The van der Waals surface area contributed by atoms with E-state index in [1.165, 1.54) is 11.3 Å². The maximum atomic E-state index is 12.6. The van der Waals surface area contributed by atoms with Gasteiger partial charge in [0.2, 0.25) is 0 Å². The molecule has 3 aromatic rings. The summed E-state index contributed by atoms with van der Waals surface area (Å²) in [6, 6.07) is 7.21. The van der Waals surface area contributed by atoms with Crippen LogP contribution in [0.2, 0.25) is 0 Å². The van der Waals surface area contributed by atoms with Gasteiger partial charge in [-0.05, 0) is 35.4 Å². The van der Waals surface area contributed by atoms with E-state index in [2.05, 4.69) is 17.2 Å². The smallest absolute Gasteiger partial charge is 0.312 e. The molecule has 1 atom stereocenters. The van der Waals surface area contributed by atoms with Crippen molar-refractivity contribution in [3.63, 3.8) is 0 Å². The van der Waals surface area contributed by atoms with Crippen molar-refractivity contribution < 1.29 is 19.1 Å². The van der Waals surface area contributed by atoms with Gasteiger partial charge in [0, 0.05) is 5.56 Å². The van der Waals surface area contributed by atoms with E-state index in [1.807, 2.05) is 31.4 Å². The van der Waals surface area contributed by atoms with E-state index in [9.17, 15) is 9.90 Å². The van der Waals surface area contributed by atoms with Crippen molar-refractivity contribution in [2.24, 2.45) is 5.92 Å². The minimum Gasteiger partial charge on any atom is -0.432 e. The van der Waals surface area contributed by atoms with Crippen molar-refractivity contribution >= 4 is 33.3 Å². The van der Waals surface area contributed by atoms with Gasteiger partial charge >= 0.3 is 5.91 Å². The molecule has 0 aliphatic heterocycles. The Bertz CT molecular complexity index is 883. The Balaban J connectivity index is 1.83. The first-order valence-corrected chi connectivity index (χ1v) is 9.94. The molecule has 27 heavy (non-hydrogen) atoms. The molecule has 144 valence electrons. The van der Waals surface area contributed by atoms with E-state index < -0.39 is 12.2 Å². The van der Waals surface area contributed by atoms with E-state index in [4.69, 9.17) is 9.15 Å². The maximum Gasteiger partial charge on any atom is 0.312 e. The molecule has 1 unspecified atom stereocenters. The lowest BCUT2D eigenvalue weighted by atomic mass is 10.1. The van der Waals surface area contributed by atoms with E-state index >= 15 is 0 Å². The molecule has 0 spiro atoms. The fraction of sp³-hybridized carbons (Fsp3) is 0.400. The van der Waals surface area contributed by atoms with Crippen LogP contribution in [0.4, 0.5) is 5.00 Å². The number of aliphatic hydroxyl groups is 1. The number of carbonyl (C=O) groups is 1. The van der Waals surface area contributed by atoms with Gasteiger partial charge in [0.1, 0.15) is 10.5 Å². The zero-order chi connectivity index (χ0) is 19.4. The molecule has 7 heteroatoms. The molecule has 2 aromatic heterocycles. The van der Waals surface area contributed by atoms with E-state index in [-0.39, 0.29) is 5.89 Å². The van der Waals surface area contributed by atoms with Crippen LogP contribution in [0.5, 0.6) is 0 Å². The lowest BCUT2D eigenvalue weighted by molar-refractivity contribution is -0.110. The Kier molecular flexibility index (Phi) is 6.26. The Morgan fingerprint density at radius 3 is 2.85 bits per heavy atom. The quantitative estimate of drug-likeness (QED) is 0.544. The topological polar surface area (TPSA) is 84.6 Å². The number of aliphatic hydroxyl groups excluding tert-OH is 1. The average Bonchev–Trinajstić information content (AvgIpc) is 3.24. The molecule has 0 fully saturated rings. The summed E-state index contributed by atoms with van der Waals surface area (Å²) in [5.41, 5.74) is 2.78.